The van der Waals surface area contributed by atoms with Crippen molar-refractivity contribution < 1.29 is 13.9 Å². The number of aliphatic hydroxyl groups excluding tert-OH is 1. The van der Waals surface area contributed by atoms with Gasteiger partial charge in [0, 0.05) is 13.0 Å². The molecule has 0 aromatic rings. The number of aliphatic hydroxyl groups is 1. The Morgan fingerprint density at radius 3 is 2.50 bits per heavy atom. The van der Waals surface area contributed by atoms with Gasteiger partial charge in [-0.3, -0.25) is 4.90 Å². The fraction of sp³-hybridized carbons (Fsp3) is 1.00. The van der Waals surface area contributed by atoms with Crippen molar-refractivity contribution in [2.45, 2.75) is 58.1 Å². The second-order valence-electron chi connectivity index (χ2n) is 5.92. The minimum Gasteiger partial charge on any atom is -0.393 e. The van der Waals surface area contributed by atoms with Crippen LogP contribution in [-0.4, -0.2) is 41.7 Å². The van der Waals surface area contributed by atoms with E-state index in [4.69, 9.17) is 0 Å². The number of halogens is 2. The van der Waals surface area contributed by atoms with Gasteiger partial charge < -0.3 is 5.11 Å². The maximum atomic E-state index is 13.0. The normalized spacial score (nSPS) is 30.8. The summed E-state index contributed by atoms with van der Waals surface area (Å²) in [6.07, 6.45) is 1.92. The molecule has 1 rings (SSSR count). The molecule has 1 saturated carbocycles. The average Bonchev–Trinajstić information content (AvgIpc) is 2.06. The predicted molar refractivity (Wildman–Crippen MR) is 60.7 cm³/mol. The molecule has 96 valence electrons. The number of hydrogen-bond acceptors (Lipinski definition) is 2. The zero-order chi connectivity index (χ0) is 12.6. The summed E-state index contributed by atoms with van der Waals surface area (Å²) in [5, 5.41) is 9.64. The number of rotatable bonds is 3. The third-order valence-corrected chi connectivity index (χ3v) is 3.58. The predicted octanol–water partition coefficient (Wildman–Crippen LogP) is 2.51. The van der Waals surface area contributed by atoms with Crippen LogP contribution in [0.2, 0.25) is 0 Å². The van der Waals surface area contributed by atoms with Crippen LogP contribution >= 0.6 is 0 Å². The molecule has 0 aromatic carbocycles. The van der Waals surface area contributed by atoms with Crippen LogP contribution in [0.4, 0.5) is 8.78 Å². The molecule has 0 spiro atoms. The molecule has 0 heterocycles. The molecule has 2 nitrogen and oxygen atoms in total. The lowest BCUT2D eigenvalue weighted by Gasteiger charge is -2.46. The van der Waals surface area contributed by atoms with Gasteiger partial charge >= 0.3 is 0 Å². The van der Waals surface area contributed by atoms with Crippen molar-refractivity contribution in [3.05, 3.63) is 0 Å². The molecule has 1 aliphatic carbocycles. The fourth-order valence-electron chi connectivity index (χ4n) is 2.72. The summed E-state index contributed by atoms with van der Waals surface area (Å²) in [5.41, 5.74) is -0.000764. The Hall–Kier alpha value is -0.220. The minimum atomic E-state index is -2.67. The quantitative estimate of drug-likeness (QED) is 0.812. The molecular formula is C12H23F2NO. The lowest BCUT2D eigenvalue weighted by molar-refractivity contribution is -0.0584. The minimum absolute atomic E-state index is 0.000764. The summed E-state index contributed by atoms with van der Waals surface area (Å²) in [6, 6.07) is 0.0297. The molecular weight excluding hydrogens is 212 g/mol. The first-order chi connectivity index (χ1) is 7.12. The molecule has 4 heteroatoms. The van der Waals surface area contributed by atoms with Crippen LogP contribution in [0.15, 0.2) is 0 Å². The van der Waals surface area contributed by atoms with E-state index in [9.17, 15) is 13.9 Å². The van der Waals surface area contributed by atoms with Crippen molar-refractivity contribution in [3.8, 4) is 0 Å². The maximum absolute atomic E-state index is 13.0. The zero-order valence-electron chi connectivity index (χ0n) is 10.6. The Morgan fingerprint density at radius 2 is 2.00 bits per heavy atom. The monoisotopic (exact) mass is 235 g/mol. The highest BCUT2D eigenvalue weighted by molar-refractivity contribution is 4.92. The molecule has 0 aromatic heterocycles. The van der Waals surface area contributed by atoms with E-state index < -0.39 is 5.92 Å². The van der Waals surface area contributed by atoms with Crippen LogP contribution in [0, 0.1) is 5.41 Å². The second-order valence-corrected chi connectivity index (χ2v) is 5.92. The molecule has 1 N–H and O–H groups in total. The van der Waals surface area contributed by atoms with Crippen LogP contribution in [0.5, 0.6) is 0 Å². The van der Waals surface area contributed by atoms with Crippen LogP contribution in [0.25, 0.3) is 0 Å². The maximum Gasteiger partial charge on any atom is 0.257 e. The van der Waals surface area contributed by atoms with Crippen molar-refractivity contribution in [3.63, 3.8) is 0 Å². The number of alkyl halides is 2. The first-order valence-electron chi connectivity index (χ1n) is 5.88. The molecule has 0 radical (unpaired) electrons. The summed E-state index contributed by atoms with van der Waals surface area (Å²) < 4.78 is 25.9. The lowest BCUT2D eigenvalue weighted by Crippen LogP contribution is -2.51. The Morgan fingerprint density at radius 1 is 1.44 bits per heavy atom. The zero-order valence-corrected chi connectivity index (χ0v) is 10.6. The van der Waals surface area contributed by atoms with E-state index in [2.05, 4.69) is 13.8 Å². The summed E-state index contributed by atoms with van der Waals surface area (Å²) in [7, 11) is 1.72. The molecule has 2 unspecified atom stereocenters. The highest BCUT2D eigenvalue weighted by atomic mass is 19.3. The van der Waals surface area contributed by atoms with Crippen LogP contribution in [-0.2, 0) is 0 Å². The van der Waals surface area contributed by atoms with Gasteiger partial charge in [-0.15, -0.1) is 0 Å². The Kier molecular flexibility index (Phi) is 3.95. The van der Waals surface area contributed by atoms with Crippen molar-refractivity contribution in [1.29, 1.82) is 0 Å². The largest absolute Gasteiger partial charge is 0.393 e. The summed E-state index contributed by atoms with van der Waals surface area (Å²) in [4.78, 5) is 1.70. The van der Waals surface area contributed by atoms with Crippen LogP contribution in [0.1, 0.15) is 40.0 Å². The van der Waals surface area contributed by atoms with Crippen molar-refractivity contribution in [2.75, 3.05) is 13.6 Å². The molecule has 0 saturated heterocycles. The van der Waals surface area contributed by atoms with Crippen LogP contribution in [0.3, 0.4) is 0 Å². The van der Waals surface area contributed by atoms with E-state index in [-0.39, 0.29) is 24.1 Å². The molecule has 1 fully saturated rings. The van der Waals surface area contributed by atoms with Gasteiger partial charge in [-0.2, -0.15) is 0 Å². The second kappa shape index (κ2) is 4.57. The first kappa shape index (κ1) is 13.8. The number of nitrogens with zero attached hydrogens (tertiary/aromatic N) is 1. The molecule has 2 atom stereocenters. The fourth-order valence-corrected chi connectivity index (χ4v) is 2.72. The molecule has 1 aliphatic rings. The van der Waals surface area contributed by atoms with Crippen molar-refractivity contribution in [1.82, 2.24) is 4.90 Å². The smallest absolute Gasteiger partial charge is 0.257 e. The lowest BCUT2D eigenvalue weighted by atomic mass is 9.71. The topological polar surface area (TPSA) is 23.5 Å². The van der Waals surface area contributed by atoms with Gasteiger partial charge in [0.05, 0.1) is 12.6 Å². The van der Waals surface area contributed by atoms with Gasteiger partial charge in [-0.05, 0) is 31.7 Å². The van der Waals surface area contributed by atoms with E-state index in [0.29, 0.717) is 6.42 Å². The Bertz CT molecular complexity index is 238. The molecule has 0 amide bonds. The van der Waals surface area contributed by atoms with Gasteiger partial charge in [0.25, 0.3) is 5.92 Å². The summed E-state index contributed by atoms with van der Waals surface area (Å²) in [6.45, 7) is 4.88. The van der Waals surface area contributed by atoms with Gasteiger partial charge in [-0.1, -0.05) is 13.8 Å². The first-order valence-corrected chi connectivity index (χ1v) is 5.88. The van der Waals surface area contributed by atoms with E-state index in [0.717, 1.165) is 19.8 Å². The van der Waals surface area contributed by atoms with Gasteiger partial charge in [0.2, 0.25) is 0 Å². The molecule has 0 aliphatic heterocycles. The van der Waals surface area contributed by atoms with Crippen molar-refractivity contribution in [2.24, 2.45) is 5.41 Å². The number of hydrogen-bond donors (Lipinski definition) is 1. The standard InChI is InChI=1S/C12H23F2NO/c1-11(2)6-5-9(16)7-10(11)15(4)8-12(3,13)14/h9-10,16H,5-8H2,1-4H3. The Balaban J connectivity index is 2.68. The third-order valence-electron chi connectivity index (χ3n) is 3.58. The van der Waals surface area contributed by atoms with Gasteiger partial charge in [0.1, 0.15) is 0 Å². The van der Waals surface area contributed by atoms with E-state index >= 15 is 0 Å². The molecule has 16 heavy (non-hydrogen) atoms. The summed E-state index contributed by atoms with van der Waals surface area (Å²) in [5.74, 6) is -2.67. The Labute approximate surface area is 96.6 Å². The highest BCUT2D eigenvalue weighted by Gasteiger charge is 2.40. The van der Waals surface area contributed by atoms with Crippen LogP contribution < -0.4 is 0 Å². The van der Waals surface area contributed by atoms with Crippen molar-refractivity contribution >= 4 is 0 Å². The van der Waals surface area contributed by atoms with Gasteiger partial charge in [-0.25, -0.2) is 8.78 Å². The summed E-state index contributed by atoms with van der Waals surface area (Å²) >= 11 is 0. The average molecular weight is 235 g/mol. The molecule has 0 bridgehead atoms. The van der Waals surface area contributed by atoms with E-state index in [1.54, 1.807) is 11.9 Å². The van der Waals surface area contributed by atoms with E-state index in [1.165, 1.54) is 0 Å². The van der Waals surface area contributed by atoms with Gasteiger partial charge in [0.15, 0.2) is 0 Å². The SMILES string of the molecule is CN(CC(C)(F)F)C1CC(O)CCC1(C)C. The highest BCUT2D eigenvalue weighted by Crippen LogP contribution is 2.38. The third kappa shape index (κ3) is 3.67. The van der Waals surface area contributed by atoms with E-state index in [1.807, 2.05) is 0 Å².